The van der Waals surface area contributed by atoms with Crippen LogP contribution in [0.4, 0.5) is 4.39 Å². The van der Waals surface area contributed by atoms with Crippen LogP contribution in [0.2, 0.25) is 5.02 Å². The summed E-state index contributed by atoms with van der Waals surface area (Å²) in [5, 5.41) is 14.3. The van der Waals surface area contributed by atoms with Crippen LogP contribution in [-0.4, -0.2) is 28.7 Å². The molecule has 1 atom stereocenters. The second-order valence-electron chi connectivity index (χ2n) is 8.18. The first-order valence-corrected chi connectivity index (χ1v) is 12.6. The summed E-state index contributed by atoms with van der Waals surface area (Å²) in [6.07, 6.45) is 2.18. The summed E-state index contributed by atoms with van der Waals surface area (Å²) in [7, 11) is 0. The Hall–Kier alpha value is -3.07. The summed E-state index contributed by atoms with van der Waals surface area (Å²) < 4.78 is 25.8. The summed E-state index contributed by atoms with van der Waals surface area (Å²) in [6, 6.07) is 14.7. The standard InChI is InChI=1S/C27H25BrClFN2O4/c1-2-35-25-10-18(21(28)12-26(25)36-15-16-7-8-19(30)11-22(16)29)14-32-24(27(33)34)9-17-13-31-23-6-4-3-5-20(17)23/h3-8,10-13,24,31-32H,2,9,14-15H2,1H3,(H,33,34). The molecule has 1 unspecified atom stereocenters. The Morgan fingerprint density at radius 1 is 1.11 bits per heavy atom. The quantitative estimate of drug-likeness (QED) is 0.191. The number of benzene rings is 3. The monoisotopic (exact) mass is 574 g/mol. The first-order chi connectivity index (χ1) is 17.4. The van der Waals surface area contributed by atoms with Crippen LogP contribution < -0.4 is 14.8 Å². The number of para-hydroxylation sites is 1. The zero-order valence-corrected chi connectivity index (χ0v) is 21.8. The van der Waals surface area contributed by atoms with Gasteiger partial charge in [-0.05, 0) is 48.4 Å². The van der Waals surface area contributed by atoms with Gasteiger partial charge in [0.05, 0.1) is 11.6 Å². The third-order valence-corrected chi connectivity index (χ3v) is 6.84. The highest BCUT2D eigenvalue weighted by atomic mass is 79.9. The van der Waals surface area contributed by atoms with Crippen molar-refractivity contribution in [2.24, 2.45) is 0 Å². The van der Waals surface area contributed by atoms with E-state index < -0.39 is 17.8 Å². The van der Waals surface area contributed by atoms with Gasteiger partial charge >= 0.3 is 5.97 Å². The van der Waals surface area contributed by atoms with E-state index in [1.54, 1.807) is 12.1 Å². The number of aliphatic carboxylic acids is 1. The van der Waals surface area contributed by atoms with Crippen LogP contribution in [0, 0.1) is 5.82 Å². The van der Waals surface area contributed by atoms with Gasteiger partial charge in [0.15, 0.2) is 11.5 Å². The number of aromatic amines is 1. The molecule has 0 amide bonds. The number of hydrogen-bond acceptors (Lipinski definition) is 4. The number of carboxylic acids is 1. The molecule has 9 heteroatoms. The van der Waals surface area contributed by atoms with Gasteiger partial charge in [-0.25, -0.2) is 4.39 Å². The number of carboxylic acid groups (broad SMARTS) is 1. The maximum absolute atomic E-state index is 13.3. The van der Waals surface area contributed by atoms with Crippen LogP contribution in [0.1, 0.15) is 23.6 Å². The van der Waals surface area contributed by atoms with E-state index in [-0.39, 0.29) is 11.6 Å². The number of halogens is 3. The minimum absolute atomic E-state index is 0.134. The highest BCUT2D eigenvalue weighted by Crippen LogP contribution is 2.35. The van der Waals surface area contributed by atoms with Crippen molar-refractivity contribution in [2.45, 2.75) is 32.5 Å². The lowest BCUT2D eigenvalue weighted by Crippen LogP contribution is -2.38. The first kappa shape index (κ1) is 26.0. The van der Waals surface area contributed by atoms with Crippen molar-refractivity contribution in [3.05, 3.63) is 92.8 Å². The molecule has 188 valence electrons. The van der Waals surface area contributed by atoms with Crippen LogP contribution in [0.5, 0.6) is 11.5 Å². The molecule has 36 heavy (non-hydrogen) atoms. The molecule has 4 aromatic rings. The predicted octanol–water partition coefficient (Wildman–Crippen LogP) is 6.49. The molecule has 6 nitrogen and oxygen atoms in total. The summed E-state index contributed by atoms with van der Waals surface area (Å²) >= 11 is 9.67. The largest absolute Gasteiger partial charge is 0.490 e. The fourth-order valence-corrected chi connectivity index (χ4v) is 4.57. The van der Waals surface area contributed by atoms with Crippen molar-refractivity contribution >= 4 is 44.4 Å². The Bertz CT molecular complexity index is 1380. The Labute approximate surface area is 221 Å². The van der Waals surface area contributed by atoms with E-state index in [1.807, 2.05) is 43.5 Å². The second-order valence-corrected chi connectivity index (χ2v) is 9.44. The van der Waals surface area contributed by atoms with Gasteiger partial charge in [0.25, 0.3) is 0 Å². The molecule has 1 heterocycles. The van der Waals surface area contributed by atoms with Gasteiger partial charge in [-0.15, -0.1) is 0 Å². The van der Waals surface area contributed by atoms with Crippen LogP contribution in [0.3, 0.4) is 0 Å². The maximum atomic E-state index is 13.3. The number of hydrogen-bond donors (Lipinski definition) is 3. The molecule has 0 aliphatic heterocycles. The molecule has 3 aromatic carbocycles. The van der Waals surface area contributed by atoms with Gasteiger partial charge in [0.2, 0.25) is 0 Å². The lowest BCUT2D eigenvalue weighted by Gasteiger charge is -2.18. The summed E-state index contributed by atoms with van der Waals surface area (Å²) in [6.45, 7) is 2.71. The predicted molar refractivity (Wildman–Crippen MR) is 141 cm³/mol. The van der Waals surface area contributed by atoms with Gasteiger partial charge in [0.1, 0.15) is 18.5 Å². The topological polar surface area (TPSA) is 83.6 Å². The molecule has 0 saturated carbocycles. The van der Waals surface area contributed by atoms with Crippen molar-refractivity contribution in [3.63, 3.8) is 0 Å². The molecule has 0 bridgehead atoms. The number of nitrogens with one attached hydrogen (secondary N) is 2. The molecule has 3 N–H and O–H groups in total. The van der Waals surface area contributed by atoms with E-state index in [0.717, 1.165) is 26.5 Å². The highest BCUT2D eigenvalue weighted by molar-refractivity contribution is 9.10. The van der Waals surface area contributed by atoms with Crippen LogP contribution in [-0.2, 0) is 24.4 Å². The third kappa shape index (κ3) is 6.19. The summed E-state index contributed by atoms with van der Waals surface area (Å²) in [5.41, 5.74) is 3.36. The van der Waals surface area contributed by atoms with Gasteiger partial charge in [0, 0.05) is 40.1 Å². The van der Waals surface area contributed by atoms with Crippen molar-refractivity contribution < 1.29 is 23.8 Å². The first-order valence-electron chi connectivity index (χ1n) is 11.4. The van der Waals surface area contributed by atoms with Gasteiger partial charge in [-0.2, -0.15) is 0 Å². The second kappa shape index (κ2) is 11.8. The molecule has 0 aliphatic carbocycles. The zero-order valence-electron chi connectivity index (χ0n) is 19.5. The molecular weight excluding hydrogens is 551 g/mol. The maximum Gasteiger partial charge on any atom is 0.321 e. The van der Waals surface area contributed by atoms with Gasteiger partial charge in [-0.3, -0.25) is 10.1 Å². The zero-order chi connectivity index (χ0) is 25.7. The third-order valence-electron chi connectivity index (χ3n) is 5.75. The number of rotatable bonds is 11. The van der Waals surface area contributed by atoms with E-state index >= 15 is 0 Å². The van der Waals surface area contributed by atoms with E-state index in [0.29, 0.717) is 36.6 Å². The highest BCUT2D eigenvalue weighted by Gasteiger charge is 2.20. The average molecular weight is 576 g/mol. The van der Waals surface area contributed by atoms with E-state index in [1.165, 1.54) is 12.1 Å². The molecule has 0 aliphatic rings. The van der Waals surface area contributed by atoms with E-state index in [4.69, 9.17) is 21.1 Å². The fourth-order valence-electron chi connectivity index (χ4n) is 3.89. The van der Waals surface area contributed by atoms with Crippen molar-refractivity contribution in [3.8, 4) is 11.5 Å². The number of fused-ring (bicyclic) bond motifs is 1. The van der Waals surface area contributed by atoms with Gasteiger partial charge in [-0.1, -0.05) is 51.8 Å². The number of H-pyrrole nitrogens is 1. The van der Waals surface area contributed by atoms with Crippen LogP contribution in [0.15, 0.2) is 65.3 Å². The van der Waals surface area contributed by atoms with Crippen LogP contribution >= 0.6 is 27.5 Å². The number of aromatic nitrogens is 1. The average Bonchev–Trinajstić information content (AvgIpc) is 3.26. The Morgan fingerprint density at radius 2 is 1.89 bits per heavy atom. The van der Waals surface area contributed by atoms with E-state index in [2.05, 4.69) is 26.2 Å². The lowest BCUT2D eigenvalue weighted by atomic mass is 10.0. The molecule has 0 fully saturated rings. The minimum atomic E-state index is -0.933. The van der Waals surface area contributed by atoms with Gasteiger partial charge < -0.3 is 19.6 Å². The Kier molecular flexibility index (Phi) is 8.51. The fraction of sp³-hybridized carbons (Fsp3) is 0.222. The molecule has 0 radical (unpaired) electrons. The molecule has 0 saturated heterocycles. The summed E-state index contributed by atoms with van der Waals surface area (Å²) in [4.78, 5) is 15.2. The molecule has 4 rings (SSSR count). The van der Waals surface area contributed by atoms with Crippen molar-refractivity contribution in [1.29, 1.82) is 0 Å². The molecule has 1 aromatic heterocycles. The smallest absolute Gasteiger partial charge is 0.321 e. The number of ether oxygens (including phenoxy) is 2. The Balaban J connectivity index is 1.48. The SMILES string of the molecule is CCOc1cc(CNC(Cc2c[nH]c3ccccc23)C(=O)O)c(Br)cc1OCc1ccc(F)cc1Cl. The normalized spacial score (nSPS) is 12.0. The molecular formula is C27H25BrClFN2O4. The lowest BCUT2D eigenvalue weighted by molar-refractivity contribution is -0.139. The van der Waals surface area contributed by atoms with Crippen molar-refractivity contribution in [1.82, 2.24) is 10.3 Å². The summed E-state index contributed by atoms with van der Waals surface area (Å²) in [5.74, 6) is -0.346. The van der Waals surface area contributed by atoms with E-state index in [9.17, 15) is 14.3 Å². The van der Waals surface area contributed by atoms with Crippen molar-refractivity contribution in [2.75, 3.05) is 6.61 Å². The Morgan fingerprint density at radius 3 is 2.64 bits per heavy atom. The molecule has 0 spiro atoms. The number of carbonyl (C=O) groups is 1. The minimum Gasteiger partial charge on any atom is -0.490 e. The van der Waals surface area contributed by atoms with Crippen LogP contribution in [0.25, 0.3) is 10.9 Å².